The highest BCUT2D eigenvalue weighted by Gasteiger charge is 2.29. The molecule has 1 fully saturated rings. The summed E-state index contributed by atoms with van der Waals surface area (Å²) in [4.78, 5) is 28.2. The van der Waals surface area contributed by atoms with Crippen LogP contribution in [-0.2, 0) is 11.3 Å². The third kappa shape index (κ3) is 3.82. The number of amides is 1. The number of aliphatic hydroxyl groups is 1. The molecule has 1 aliphatic rings. The summed E-state index contributed by atoms with van der Waals surface area (Å²) in [6, 6.07) is 0.103. The van der Waals surface area contributed by atoms with E-state index in [1.165, 1.54) is 6.20 Å². The van der Waals surface area contributed by atoms with Gasteiger partial charge in [-0.25, -0.2) is 0 Å². The van der Waals surface area contributed by atoms with Crippen LogP contribution in [0.2, 0.25) is 0 Å². The van der Waals surface area contributed by atoms with Crippen LogP contribution in [0.4, 0.5) is 5.82 Å². The van der Waals surface area contributed by atoms with Crippen molar-refractivity contribution in [3.05, 3.63) is 22.1 Å². The van der Waals surface area contributed by atoms with Crippen LogP contribution in [0.25, 0.3) is 0 Å². The van der Waals surface area contributed by atoms with Gasteiger partial charge in [0.1, 0.15) is 6.20 Å². The smallest absolute Gasteiger partial charge is 0.381 e. The monoisotopic (exact) mass is 310 g/mol. The summed E-state index contributed by atoms with van der Waals surface area (Å²) in [7, 11) is 0. The molecule has 0 bridgehead atoms. The van der Waals surface area contributed by atoms with Gasteiger partial charge in [0.05, 0.1) is 6.10 Å². The van der Waals surface area contributed by atoms with Crippen LogP contribution >= 0.6 is 0 Å². The van der Waals surface area contributed by atoms with Gasteiger partial charge in [0.25, 0.3) is 0 Å². The molecule has 2 unspecified atom stereocenters. The Balaban J connectivity index is 1.93. The quantitative estimate of drug-likeness (QED) is 0.629. The maximum absolute atomic E-state index is 12.3. The van der Waals surface area contributed by atoms with Crippen LogP contribution in [0, 0.1) is 17.0 Å². The molecule has 1 aromatic heterocycles. The fourth-order valence-electron chi connectivity index (χ4n) is 2.97. The summed E-state index contributed by atoms with van der Waals surface area (Å²) in [5.41, 5.74) is 0. The highest BCUT2D eigenvalue weighted by molar-refractivity contribution is 5.76. The van der Waals surface area contributed by atoms with Crippen molar-refractivity contribution in [2.24, 2.45) is 0 Å². The lowest BCUT2D eigenvalue weighted by atomic mass is 10.1. The average Bonchev–Trinajstić information content (AvgIpc) is 3.02. The highest BCUT2D eigenvalue weighted by atomic mass is 16.6. The number of rotatable bonds is 6. The molecule has 2 heterocycles. The van der Waals surface area contributed by atoms with Crippen LogP contribution in [0.15, 0.2) is 6.20 Å². The predicted molar refractivity (Wildman–Crippen MR) is 79.3 cm³/mol. The number of aryl methyl sites for hydroxylation is 2. The molecule has 22 heavy (non-hydrogen) atoms. The Morgan fingerprint density at radius 2 is 2.36 bits per heavy atom. The van der Waals surface area contributed by atoms with Gasteiger partial charge in [-0.1, -0.05) is 0 Å². The minimum absolute atomic E-state index is 0.0268. The maximum atomic E-state index is 12.3. The number of carbonyl (C=O) groups is 1. The number of hydrogen-bond acceptors (Lipinski definition) is 5. The fourth-order valence-corrected chi connectivity index (χ4v) is 2.97. The average molecular weight is 310 g/mol. The molecular formula is C14H22N4O4. The molecule has 1 aromatic rings. The highest BCUT2D eigenvalue weighted by Crippen LogP contribution is 2.22. The molecule has 0 aromatic carbocycles. The summed E-state index contributed by atoms with van der Waals surface area (Å²) >= 11 is 0. The summed E-state index contributed by atoms with van der Waals surface area (Å²) in [5.74, 6) is 0.360. The molecule has 2 rings (SSSR count). The molecule has 1 saturated heterocycles. The number of imidazole rings is 1. The number of carbonyl (C=O) groups excluding carboxylic acids is 1. The van der Waals surface area contributed by atoms with Crippen molar-refractivity contribution in [3.8, 4) is 0 Å². The molecule has 1 N–H and O–H groups in total. The third-order valence-corrected chi connectivity index (χ3v) is 4.03. The summed E-state index contributed by atoms with van der Waals surface area (Å²) < 4.78 is 1.63. The van der Waals surface area contributed by atoms with E-state index in [0.29, 0.717) is 18.8 Å². The van der Waals surface area contributed by atoms with Crippen molar-refractivity contribution in [1.82, 2.24) is 14.5 Å². The largest absolute Gasteiger partial charge is 0.393 e. The van der Waals surface area contributed by atoms with Crippen LogP contribution in [-0.4, -0.2) is 49.1 Å². The van der Waals surface area contributed by atoms with E-state index in [9.17, 15) is 20.0 Å². The van der Waals surface area contributed by atoms with E-state index in [1.807, 2.05) is 4.90 Å². The van der Waals surface area contributed by atoms with Crippen molar-refractivity contribution in [3.63, 3.8) is 0 Å². The Kier molecular flexibility index (Phi) is 5.12. The lowest BCUT2D eigenvalue weighted by Crippen LogP contribution is -2.37. The Labute approximate surface area is 128 Å². The topological polar surface area (TPSA) is 102 Å². The lowest BCUT2D eigenvalue weighted by Gasteiger charge is -2.25. The van der Waals surface area contributed by atoms with Gasteiger partial charge in [-0.2, -0.15) is 0 Å². The molecule has 0 aliphatic carbocycles. The number of aromatic nitrogens is 2. The number of nitrogens with zero attached hydrogens (tertiary/aromatic N) is 4. The molecule has 1 amide bonds. The summed E-state index contributed by atoms with van der Waals surface area (Å²) in [6.07, 6.45) is 3.70. The number of likely N-dealkylation sites (tertiary alicyclic amines) is 1. The number of aliphatic hydroxyl groups excluding tert-OH is 1. The molecule has 0 spiro atoms. The predicted octanol–water partition coefficient (Wildman–Crippen LogP) is 1.25. The molecule has 0 saturated carbocycles. The Bertz CT molecular complexity index is 555. The third-order valence-electron chi connectivity index (χ3n) is 4.03. The van der Waals surface area contributed by atoms with Crippen LogP contribution in [0.1, 0.15) is 38.4 Å². The molecule has 8 heteroatoms. The maximum Gasteiger partial charge on any atom is 0.381 e. The minimum Gasteiger partial charge on any atom is -0.393 e. The zero-order chi connectivity index (χ0) is 16.3. The van der Waals surface area contributed by atoms with Crippen molar-refractivity contribution in [2.45, 2.75) is 58.2 Å². The first-order valence-electron chi connectivity index (χ1n) is 7.54. The van der Waals surface area contributed by atoms with Gasteiger partial charge in [-0.15, -0.1) is 0 Å². The Morgan fingerprint density at radius 3 is 2.95 bits per heavy atom. The number of hydrogen-bond donors (Lipinski definition) is 1. The standard InChI is InChI=1S/C14H22N4O4/c1-10(19)8-12-4-3-6-17(12)14(20)5-7-16-9-13(18(21)22)15-11(16)2/h9-10,12,19H,3-8H2,1-2H3. The van der Waals surface area contributed by atoms with Crippen molar-refractivity contribution >= 4 is 11.7 Å². The van der Waals surface area contributed by atoms with Crippen LogP contribution in [0.5, 0.6) is 0 Å². The first kappa shape index (κ1) is 16.4. The molecule has 122 valence electrons. The molecule has 0 radical (unpaired) electrons. The van der Waals surface area contributed by atoms with Crippen LogP contribution < -0.4 is 0 Å². The van der Waals surface area contributed by atoms with Gasteiger partial charge in [0, 0.05) is 32.5 Å². The second kappa shape index (κ2) is 6.87. The van der Waals surface area contributed by atoms with E-state index in [0.717, 1.165) is 19.4 Å². The lowest BCUT2D eigenvalue weighted by molar-refractivity contribution is -0.389. The van der Waals surface area contributed by atoms with Crippen LogP contribution in [0.3, 0.4) is 0 Å². The fraction of sp³-hybridized carbons (Fsp3) is 0.714. The summed E-state index contributed by atoms with van der Waals surface area (Å²) in [6.45, 7) is 4.52. The SMILES string of the molecule is Cc1nc([N+](=O)[O-])cn1CCC(=O)N1CCCC1CC(C)O. The van der Waals surface area contributed by atoms with Gasteiger partial charge in [-0.3, -0.25) is 4.79 Å². The van der Waals surface area contributed by atoms with Gasteiger partial charge >= 0.3 is 5.82 Å². The van der Waals surface area contributed by atoms with Crippen molar-refractivity contribution in [1.29, 1.82) is 0 Å². The first-order chi connectivity index (χ1) is 10.4. The Morgan fingerprint density at radius 1 is 1.64 bits per heavy atom. The molecular weight excluding hydrogens is 288 g/mol. The van der Waals surface area contributed by atoms with Gasteiger partial charge in [0.2, 0.25) is 11.7 Å². The van der Waals surface area contributed by atoms with E-state index in [1.54, 1.807) is 18.4 Å². The molecule has 8 nitrogen and oxygen atoms in total. The number of nitro groups is 1. The van der Waals surface area contributed by atoms with E-state index in [4.69, 9.17) is 0 Å². The second-order valence-corrected chi connectivity index (χ2v) is 5.81. The zero-order valence-corrected chi connectivity index (χ0v) is 12.9. The zero-order valence-electron chi connectivity index (χ0n) is 12.9. The van der Waals surface area contributed by atoms with Gasteiger partial charge < -0.3 is 24.7 Å². The van der Waals surface area contributed by atoms with Crippen molar-refractivity contribution in [2.75, 3.05) is 6.54 Å². The summed E-state index contributed by atoms with van der Waals surface area (Å²) in [5, 5.41) is 20.2. The Hall–Kier alpha value is -1.96. The molecule has 1 aliphatic heterocycles. The van der Waals surface area contributed by atoms with E-state index >= 15 is 0 Å². The van der Waals surface area contributed by atoms with Gasteiger partial charge in [0.15, 0.2) is 0 Å². The van der Waals surface area contributed by atoms with E-state index in [-0.39, 0.29) is 24.2 Å². The van der Waals surface area contributed by atoms with E-state index < -0.39 is 11.0 Å². The van der Waals surface area contributed by atoms with Gasteiger partial charge in [-0.05, 0) is 36.1 Å². The minimum atomic E-state index is -0.537. The molecule has 2 atom stereocenters. The normalized spacial score (nSPS) is 19.4. The second-order valence-electron chi connectivity index (χ2n) is 5.81. The first-order valence-corrected chi connectivity index (χ1v) is 7.54. The van der Waals surface area contributed by atoms with Crippen molar-refractivity contribution < 1.29 is 14.8 Å². The van der Waals surface area contributed by atoms with E-state index in [2.05, 4.69) is 4.98 Å².